The fourth-order valence-corrected chi connectivity index (χ4v) is 2.23. The Balaban J connectivity index is 1.86. The Bertz CT molecular complexity index is 745. The highest BCUT2D eigenvalue weighted by Crippen LogP contribution is 2.15. The average molecular weight is 347 g/mol. The van der Waals surface area contributed by atoms with Crippen LogP contribution in [-0.2, 0) is 19.1 Å². The van der Waals surface area contributed by atoms with Crippen molar-refractivity contribution in [2.24, 2.45) is 0 Å². The van der Waals surface area contributed by atoms with E-state index in [2.05, 4.69) is 5.32 Å². The molecule has 132 valence electrons. The fraction of sp³-hybridized carbons (Fsp3) is 0.312. The summed E-state index contributed by atoms with van der Waals surface area (Å²) in [5.74, 6) is -2.25. The topological polar surface area (TPSA) is 113 Å². The second kappa shape index (κ2) is 7.56. The zero-order valence-corrected chi connectivity index (χ0v) is 13.8. The van der Waals surface area contributed by atoms with E-state index in [0.29, 0.717) is 11.3 Å². The second-order valence-corrected chi connectivity index (χ2v) is 5.43. The van der Waals surface area contributed by atoms with E-state index in [1.807, 2.05) is 0 Å². The monoisotopic (exact) mass is 347 g/mol. The summed E-state index contributed by atoms with van der Waals surface area (Å²) < 4.78 is 4.77. The number of carbonyl (C=O) groups is 5. The van der Waals surface area contributed by atoms with Gasteiger partial charge >= 0.3 is 12.0 Å². The number of para-hydroxylation sites is 1. The van der Waals surface area contributed by atoms with Crippen molar-refractivity contribution in [2.75, 3.05) is 32.1 Å². The SMILES string of the molecule is CC(=O)c1ccccc1NC(=O)COC(=O)CN1C(=O)CN(C)C1=O. The van der Waals surface area contributed by atoms with Gasteiger partial charge in [0.25, 0.3) is 11.8 Å². The number of nitrogens with zero attached hydrogens (tertiary/aromatic N) is 2. The van der Waals surface area contributed by atoms with Gasteiger partial charge in [-0.3, -0.25) is 24.1 Å². The van der Waals surface area contributed by atoms with Crippen LogP contribution in [0.2, 0.25) is 0 Å². The van der Waals surface area contributed by atoms with Crippen molar-refractivity contribution < 1.29 is 28.7 Å². The van der Waals surface area contributed by atoms with Crippen molar-refractivity contribution in [3.63, 3.8) is 0 Å². The van der Waals surface area contributed by atoms with Crippen LogP contribution in [0.25, 0.3) is 0 Å². The molecule has 0 aromatic heterocycles. The van der Waals surface area contributed by atoms with Gasteiger partial charge < -0.3 is 15.0 Å². The molecule has 1 aliphatic heterocycles. The first-order chi connectivity index (χ1) is 11.8. The van der Waals surface area contributed by atoms with Gasteiger partial charge in [-0.2, -0.15) is 0 Å². The Morgan fingerprint density at radius 3 is 2.48 bits per heavy atom. The highest BCUT2D eigenvalue weighted by Gasteiger charge is 2.35. The molecule has 0 saturated carbocycles. The predicted molar refractivity (Wildman–Crippen MR) is 85.8 cm³/mol. The minimum atomic E-state index is -0.882. The Labute approximate surface area is 143 Å². The molecular weight excluding hydrogens is 330 g/mol. The molecule has 0 atom stereocenters. The van der Waals surface area contributed by atoms with Crippen LogP contribution in [0.5, 0.6) is 0 Å². The fourth-order valence-electron chi connectivity index (χ4n) is 2.23. The number of nitrogens with one attached hydrogen (secondary N) is 1. The maximum absolute atomic E-state index is 11.9. The van der Waals surface area contributed by atoms with Crippen molar-refractivity contribution in [3.05, 3.63) is 29.8 Å². The number of rotatable bonds is 6. The number of carbonyl (C=O) groups excluding carboxylic acids is 5. The highest BCUT2D eigenvalue weighted by molar-refractivity contribution is 6.05. The van der Waals surface area contributed by atoms with Gasteiger partial charge in [-0.25, -0.2) is 4.79 Å². The van der Waals surface area contributed by atoms with E-state index in [0.717, 1.165) is 4.90 Å². The molecule has 0 bridgehead atoms. The van der Waals surface area contributed by atoms with Gasteiger partial charge in [0.15, 0.2) is 12.4 Å². The Hall–Kier alpha value is -3.23. The maximum Gasteiger partial charge on any atom is 0.327 e. The van der Waals surface area contributed by atoms with E-state index in [9.17, 15) is 24.0 Å². The second-order valence-electron chi connectivity index (χ2n) is 5.43. The molecule has 1 aromatic rings. The van der Waals surface area contributed by atoms with E-state index < -0.39 is 37.0 Å². The van der Waals surface area contributed by atoms with Crippen molar-refractivity contribution in [2.45, 2.75) is 6.92 Å². The molecule has 1 N–H and O–H groups in total. The molecule has 0 unspecified atom stereocenters. The number of hydrogen-bond acceptors (Lipinski definition) is 6. The number of ketones is 1. The molecule has 1 saturated heterocycles. The van der Waals surface area contributed by atoms with Crippen molar-refractivity contribution in [1.82, 2.24) is 9.80 Å². The molecule has 0 aliphatic carbocycles. The van der Waals surface area contributed by atoms with Gasteiger partial charge in [0.05, 0.1) is 5.69 Å². The summed E-state index contributed by atoms with van der Waals surface area (Å²) in [6, 6.07) is 5.82. The highest BCUT2D eigenvalue weighted by atomic mass is 16.5. The summed E-state index contributed by atoms with van der Waals surface area (Å²) in [6.45, 7) is 0.108. The van der Waals surface area contributed by atoms with E-state index >= 15 is 0 Å². The number of benzene rings is 1. The van der Waals surface area contributed by atoms with Gasteiger partial charge in [0, 0.05) is 12.6 Å². The third-order valence-corrected chi connectivity index (χ3v) is 3.46. The third-order valence-electron chi connectivity index (χ3n) is 3.46. The summed E-state index contributed by atoms with van der Waals surface area (Å²) in [4.78, 5) is 60.2. The summed E-state index contributed by atoms with van der Waals surface area (Å²) >= 11 is 0. The summed E-state index contributed by atoms with van der Waals surface area (Å²) in [6.07, 6.45) is 0. The zero-order valence-electron chi connectivity index (χ0n) is 13.8. The van der Waals surface area contributed by atoms with Crippen LogP contribution in [0.15, 0.2) is 24.3 Å². The summed E-state index contributed by atoms with van der Waals surface area (Å²) in [5, 5.41) is 2.47. The Kier molecular flexibility index (Phi) is 5.48. The van der Waals surface area contributed by atoms with Gasteiger partial charge in [0.1, 0.15) is 13.1 Å². The van der Waals surface area contributed by atoms with E-state index in [1.165, 1.54) is 18.9 Å². The molecule has 4 amide bonds. The van der Waals surface area contributed by atoms with E-state index in [-0.39, 0.29) is 12.3 Å². The molecule has 1 fully saturated rings. The molecule has 0 radical (unpaired) electrons. The van der Waals surface area contributed by atoms with Gasteiger partial charge in [-0.15, -0.1) is 0 Å². The first-order valence-corrected chi connectivity index (χ1v) is 7.40. The number of anilines is 1. The van der Waals surface area contributed by atoms with Crippen LogP contribution in [0, 0.1) is 0 Å². The summed E-state index contributed by atoms with van der Waals surface area (Å²) in [7, 11) is 1.44. The van der Waals surface area contributed by atoms with Gasteiger partial charge in [-0.05, 0) is 19.1 Å². The average Bonchev–Trinajstić information content (AvgIpc) is 2.79. The number of esters is 1. The number of imide groups is 1. The number of ether oxygens (including phenoxy) is 1. The quantitative estimate of drug-likeness (QED) is 0.449. The minimum absolute atomic E-state index is 0.103. The lowest BCUT2D eigenvalue weighted by atomic mass is 10.1. The zero-order chi connectivity index (χ0) is 18.6. The lowest BCUT2D eigenvalue weighted by Crippen LogP contribution is -2.37. The number of likely N-dealkylation sites (N-methyl/N-ethyl adjacent to an activating group) is 1. The first kappa shape index (κ1) is 18.1. The summed E-state index contributed by atoms with van der Waals surface area (Å²) in [5.41, 5.74) is 0.640. The van der Waals surface area contributed by atoms with E-state index in [4.69, 9.17) is 4.74 Å². The van der Waals surface area contributed by atoms with Gasteiger partial charge in [0.2, 0.25) is 0 Å². The molecule has 0 spiro atoms. The number of Topliss-reactive ketones (excluding diaryl/α,β-unsaturated/α-hetero) is 1. The lowest BCUT2D eigenvalue weighted by Gasteiger charge is -2.13. The number of urea groups is 1. The molecule has 25 heavy (non-hydrogen) atoms. The van der Waals surface area contributed by atoms with Crippen LogP contribution in [0.4, 0.5) is 10.5 Å². The van der Waals surface area contributed by atoms with Crippen LogP contribution < -0.4 is 5.32 Å². The Morgan fingerprint density at radius 1 is 1.20 bits per heavy atom. The van der Waals surface area contributed by atoms with Crippen molar-refractivity contribution in [1.29, 1.82) is 0 Å². The molecule has 9 nitrogen and oxygen atoms in total. The molecular formula is C16H17N3O6. The maximum atomic E-state index is 11.9. The van der Waals surface area contributed by atoms with Crippen LogP contribution in [-0.4, -0.2) is 66.1 Å². The normalized spacial score (nSPS) is 13.8. The van der Waals surface area contributed by atoms with Crippen molar-refractivity contribution in [3.8, 4) is 0 Å². The third kappa shape index (κ3) is 4.40. The molecule has 9 heteroatoms. The van der Waals surface area contributed by atoms with Crippen molar-refractivity contribution >= 4 is 35.3 Å². The van der Waals surface area contributed by atoms with Crippen LogP contribution >= 0.6 is 0 Å². The lowest BCUT2D eigenvalue weighted by molar-refractivity contribution is -0.149. The predicted octanol–water partition coefficient (Wildman–Crippen LogP) is 0.265. The number of hydrogen-bond donors (Lipinski definition) is 1. The van der Waals surface area contributed by atoms with Crippen LogP contribution in [0.3, 0.4) is 0 Å². The standard InChI is InChI=1S/C16H17N3O6/c1-10(20)11-5-3-4-6-12(11)17-13(21)9-25-15(23)8-19-14(22)7-18(2)16(19)24/h3-6H,7-9H2,1-2H3,(H,17,21). The van der Waals surface area contributed by atoms with Crippen LogP contribution in [0.1, 0.15) is 17.3 Å². The minimum Gasteiger partial charge on any atom is -0.454 e. The number of amides is 4. The van der Waals surface area contributed by atoms with Gasteiger partial charge in [-0.1, -0.05) is 12.1 Å². The molecule has 1 heterocycles. The molecule has 2 rings (SSSR count). The Morgan fingerprint density at radius 2 is 1.88 bits per heavy atom. The molecule has 1 aromatic carbocycles. The smallest absolute Gasteiger partial charge is 0.327 e. The van der Waals surface area contributed by atoms with E-state index in [1.54, 1.807) is 24.3 Å². The largest absolute Gasteiger partial charge is 0.454 e. The first-order valence-electron chi connectivity index (χ1n) is 7.40. The molecule has 1 aliphatic rings.